The molecule has 3 aromatic rings. The number of amides is 1. The number of nitrogens with zero attached hydrogens (tertiary/aromatic N) is 4. The third-order valence-electron chi connectivity index (χ3n) is 3.38. The third-order valence-corrected chi connectivity index (χ3v) is 3.38. The number of nitrogens with two attached hydrogens (primary N) is 1. The molecule has 0 fully saturated rings. The monoisotopic (exact) mass is 323 g/mol. The Hall–Kier alpha value is -3.55. The Bertz CT molecular complexity index is 914. The van der Waals surface area contributed by atoms with Gasteiger partial charge >= 0.3 is 5.97 Å². The molecule has 24 heavy (non-hydrogen) atoms. The summed E-state index contributed by atoms with van der Waals surface area (Å²) in [7, 11) is 0. The fourth-order valence-electron chi connectivity index (χ4n) is 2.14. The van der Waals surface area contributed by atoms with Crippen LogP contribution in [-0.4, -0.2) is 36.7 Å². The summed E-state index contributed by atoms with van der Waals surface area (Å²) in [4.78, 5) is 30.8. The number of aryl methyl sites for hydroxylation is 1. The Morgan fingerprint density at radius 2 is 1.92 bits per heavy atom. The fraction of sp³-hybridized carbons (Fsp3) is 0.0625. The summed E-state index contributed by atoms with van der Waals surface area (Å²) in [5.74, 6) is -1.74. The number of rotatable bonds is 4. The highest BCUT2D eigenvalue weighted by atomic mass is 16.4. The van der Waals surface area contributed by atoms with Crippen molar-refractivity contribution in [2.75, 3.05) is 0 Å². The summed E-state index contributed by atoms with van der Waals surface area (Å²) in [6, 6.07) is 8.10. The molecule has 3 aromatic heterocycles. The van der Waals surface area contributed by atoms with E-state index in [1.165, 1.54) is 23.0 Å². The molecule has 3 heterocycles. The normalized spacial score (nSPS) is 10.5. The maximum atomic E-state index is 11.3. The average molecular weight is 323 g/mol. The number of primary amides is 1. The molecule has 0 aromatic carbocycles. The van der Waals surface area contributed by atoms with Crippen LogP contribution in [0.1, 0.15) is 26.5 Å². The number of carboxylic acids is 1. The van der Waals surface area contributed by atoms with E-state index in [-0.39, 0.29) is 11.3 Å². The van der Waals surface area contributed by atoms with Crippen molar-refractivity contribution in [3.05, 3.63) is 59.7 Å². The lowest BCUT2D eigenvalue weighted by atomic mass is 10.2. The molecule has 0 aliphatic carbocycles. The number of carbonyl (C=O) groups excluding carboxylic acids is 1. The second-order valence-corrected chi connectivity index (χ2v) is 5.09. The van der Waals surface area contributed by atoms with Crippen LogP contribution in [0.3, 0.4) is 0 Å². The molecule has 3 N–H and O–H groups in total. The van der Waals surface area contributed by atoms with Gasteiger partial charge in [-0.25, -0.2) is 9.48 Å². The molecule has 0 radical (unpaired) electrons. The van der Waals surface area contributed by atoms with Gasteiger partial charge in [0.25, 0.3) is 0 Å². The standard InChI is InChI=1S/C16H13N5O3/c1-9-2-4-11(8-18-9)21-14(6-13(20-21)16(23)24)12-5-3-10(7-19-12)15(17)22/h2-8H,1H3,(H2,17,22)(H,23,24). The second kappa shape index (κ2) is 5.92. The summed E-state index contributed by atoms with van der Waals surface area (Å²) < 4.78 is 1.45. The van der Waals surface area contributed by atoms with Crippen molar-refractivity contribution in [1.29, 1.82) is 0 Å². The minimum absolute atomic E-state index is 0.119. The largest absolute Gasteiger partial charge is 0.476 e. The maximum Gasteiger partial charge on any atom is 0.356 e. The number of hydrogen-bond donors (Lipinski definition) is 2. The van der Waals surface area contributed by atoms with Crippen molar-refractivity contribution in [1.82, 2.24) is 19.7 Å². The van der Waals surface area contributed by atoms with E-state index in [0.29, 0.717) is 17.1 Å². The Labute approximate surface area is 136 Å². The van der Waals surface area contributed by atoms with E-state index >= 15 is 0 Å². The first-order chi connectivity index (χ1) is 11.5. The van der Waals surface area contributed by atoms with Crippen LogP contribution < -0.4 is 5.73 Å². The Kier molecular flexibility index (Phi) is 3.78. The van der Waals surface area contributed by atoms with Gasteiger partial charge < -0.3 is 10.8 Å². The fourth-order valence-corrected chi connectivity index (χ4v) is 2.14. The molecular formula is C16H13N5O3. The molecule has 0 saturated heterocycles. The van der Waals surface area contributed by atoms with Crippen LogP contribution in [0.5, 0.6) is 0 Å². The summed E-state index contributed by atoms with van der Waals surface area (Å²) in [5, 5.41) is 13.3. The molecule has 0 saturated carbocycles. The number of aromatic nitrogens is 4. The maximum absolute atomic E-state index is 11.3. The number of carboxylic acid groups (broad SMARTS) is 1. The zero-order chi connectivity index (χ0) is 17.3. The lowest BCUT2D eigenvalue weighted by molar-refractivity contribution is 0.0689. The molecule has 3 rings (SSSR count). The predicted octanol–water partition coefficient (Wildman–Crippen LogP) is 1.43. The van der Waals surface area contributed by atoms with Gasteiger partial charge in [0.05, 0.1) is 28.8 Å². The lowest BCUT2D eigenvalue weighted by Gasteiger charge is -2.07. The molecule has 0 aliphatic heterocycles. The quantitative estimate of drug-likeness (QED) is 0.748. The molecule has 8 heteroatoms. The number of hydrogen-bond acceptors (Lipinski definition) is 5. The Morgan fingerprint density at radius 1 is 1.12 bits per heavy atom. The second-order valence-electron chi connectivity index (χ2n) is 5.09. The van der Waals surface area contributed by atoms with Crippen LogP contribution >= 0.6 is 0 Å². The van der Waals surface area contributed by atoms with Crippen molar-refractivity contribution >= 4 is 11.9 Å². The van der Waals surface area contributed by atoms with Gasteiger partial charge in [-0.05, 0) is 31.2 Å². The first-order valence-electron chi connectivity index (χ1n) is 6.98. The van der Waals surface area contributed by atoms with E-state index in [1.54, 1.807) is 24.4 Å². The van der Waals surface area contributed by atoms with Crippen molar-refractivity contribution in [3.63, 3.8) is 0 Å². The topological polar surface area (TPSA) is 124 Å². The zero-order valence-corrected chi connectivity index (χ0v) is 12.7. The Balaban J connectivity index is 2.13. The predicted molar refractivity (Wildman–Crippen MR) is 84.8 cm³/mol. The van der Waals surface area contributed by atoms with Gasteiger partial charge in [-0.3, -0.25) is 14.8 Å². The van der Waals surface area contributed by atoms with Crippen LogP contribution in [0.4, 0.5) is 0 Å². The molecule has 8 nitrogen and oxygen atoms in total. The van der Waals surface area contributed by atoms with E-state index < -0.39 is 11.9 Å². The van der Waals surface area contributed by atoms with Gasteiger partial charge in [0.1, 0.15) is 0 Å². The smallest absolute Gasteiger partial charge is 0.356 e. The highest BCUT2D eigenvalue weighted by Crippen LogP contribution is 2.22. The van der Waals surface area contributed by atoms with Gasteiger partial charge in [0.15, 0.2) is 5.69 Å². The molecule has 0 unspecified atom stereocenters. The Morgan fingerprint density at radius 3 is 2.46 bits per heavy atom. The molecule has 0 bridgehead atoms. The van der Waals surface area contributed by atoms with Crippen LogP contribution in [0, 0.1) is 6.92 Å². The van der Waals surface area contributed by atoms with Crippen molar-refractivity contribution in [2.45, 2.75) is 6.92 Å². The number of pyridine rings is 2. The number of aromatic carboxylic acids is 1. The first-order valence-corrected chi connectivity index (χ1v) is 6.98. The van der Waals surface area contributed by atoms with Crippen LogP contribution in [-0.2, 0) is 0 Å². The highest BCUT2D eigenvalue weighted by molar-refractivity contribution is 5.92. The zero-order valence-electron chi connectivity index (χ0n) is 12.7. The molecule has 120 valence electrons. The van der Waals surface area contributed by atoms with E-state index in [9.17, 15) is 14.7 Å². The highest BCUT2D eigenvalue weighted by Gasteiger charge is 2.17. The van der Waals surface area contributed by atoms with Crippen LogP contribution in [0.25, 0.3) is 17.1 Å². The van der Waals surface area contributed by atoms with Gasteiger partial charge in [-0.15, -0.1) is 0 Å². The SMILES string of the molecule is Cc1ccc(-n2nc(C(=O)O)cc2-c2ccc(C(N)=O)cn2)cn1. The van der Waals surface area contributed by atoms with Gasteiger partial charge in [-0.1, -0.05) is 0 Å². The van der Waals surface area contributed by atoms with E-state index in [4.69, 9.17) is 5.73 Å². The summed E-state index contributed by atoms with van der Waals surface area (Å²) in [5.41, 5.74) is 7.70. The van der Waals surface area contributed by atoms with Crippen LogP contribution in [0.15, 0.2) is 42.7 Å². The van der Waals surface area contributed by atoms with Crippen molar-refractivity contribution < 1.29 is 14.7 Å². The van der Waals surface area contributed by atoms with Gasteiger partial charge in [0, 0.05) is 18.0 Å². The summed E-state index contributed by atoms with van der Waals surface area (Å²) >= 11 is 0. The summed E-state index contributed by atoms with van der Waals surface area (Å²) in [6.07, 6.45) is 2.93. The lowest BCUT2D eigenvalue weighted by Crippen LogP contribution is -2.11. The summed E-state index contributed by atoms with van der Waals surface area (Å²) in [6.45, 7) is 1.85. The molecule has 0 aliphatic rings. The molecular weight excluding hydrogens is 310 g/mol. The minimum atomic E-state index is -1.15. The molecule has 1 amide bonds. The van der Waals surface area contributed by atoms with Crippen molar-refractivity contribution in [2.24, 2.45) is 5.73 Å². The average Bonchev–Trinajstić information content (AvgIpc) is 3.01. The molecule has 0 spiro atoms. The minimum Gasteiger partial charge on any atom is -0.476 e. The van der Waals surface area contributed by atoms with E-state index in [0.717, 1.165) is 5.69 Å². The van der Waals surface area contributed by atoms with Gasteiger partial charge in [0.2, 0.25) is 5.91 Å². The van der Waals surface area contributed by atoms with Crippen molar-refractivity contribution in [3.8, 4) is 17.1 Å². The molecule has 0 atom stereocenters. The number of carbonyl (C=O) groups is 2. The van der Waals surface area contributed by atoms with E-state index in [2.05, 4.69) is 15.1 Å². The third kappa shape index (κ3) is 2.84. The first kappa shape index (κ1) is 15.3. The van der Waals surface area contributed by atoms with E-state index in [1.807, 2.05) is 6.92 Å². The van der Waals surface area contributed by atoms with Gasteiger partial charge in [-0.2, -0.15) is 5.10 Å². The van der Waals surface area contributed by atoms with Crippen LogP contribution in [0.2, 0.25) is 0 Å².